The number of hydrogen-bond donors (Lipinski definition) is 2. The molecule has 17 heavy (non-hydrogen) atoms. The van der Waals surface area contributed by atoms with Crippen LogP contribution in [0.15, 0.2) is 0 Å². The van der Waals surface area contributed by atoms with Gasteiger partial charge < -0.3 is 10.00 Å². The van der Waals surface area contributed by atoms with Crippen LogP contribution in [0.2, 0.25) is 0 Å². The van der Waals surface area contributed by atoms with E-state index in [9.17, 15) is 14.6 Å². The van der Waals surface area contributed by atoms with Crippen molar-refractivity contribution in [2.24, 2.45) is 0 Å². The van der Waals surface area contributed by atoms with Crippen LogP contribution in [-0.4, -0.2) is 22.9 Å². The monoisotopic (exact) mass is 266 g/mol. The molecule has 0 bridgehead atoms. The first-order valence-electron chi connectivity index (χ1n) is 6.44. The van der Waals surface area contributed by atoms with Crippen molar-refractivity contribution in [2.45, 2.75) is 64.1 Å². The summed E-state index contributed by atoms with van der Waals surface area (Å²) in [5.41, 5.74) is 0. The van der Waals surface area contributed by atoms with Crippen molar-refractivity contribution in [3.63, 3.8) is 0 Å². The third kappa shape index (κ3) is 7.90. The lowest BCUT2D eigenvalue weighted by Gasteiger charge is -2.17. The Hall–Kier alpha value is 0.0700. The summed E-state index contributed by atoms with van der Waals surface area (Å²) < 4.78 is 20.8. The second-order valence-electron chi connectivity index (χ2n) is 4.48. The van der Waals surface area contributed by atoms with Crippen LogP contribution < -0.4 is 0 Å². The van der Waals surface area contributed by atoms with E-state index in [2.05, 4.69) is 4.52 Å². The Labute approximate surface area is 103 Å². The average molecular weight is 266 g/mol. The lowest BCUT2D eigenvalue weighted by molar-refractivity contribution is -0.0484. The third-order valence-electron chi connectivity index (χ3n) is 2.85. The normalized spacial score (nSPS) is 35.1. The molecule has 0 aliphatic carbocycles. The first-order valence-corrected chi connectivity index (χ1v) is 7.93. The van der Waals surface area contributed by atoms with E-state index in [1.807, 2.05) is 0 Å². The summed E-state index contributed by atoms with van der Waals surface area (Å²) in [7, 11) is -4.07. The molecule has 0 saturated carbocycles. The van der Waals surface area contributed by atoms with Crippen LogP contribution in [0.3, 0.4) is 0 Å². The lowest BCUT2D eigenvalue weighted by atomic mass is 10.1. The molecule has 0 aromatic rings. The van der Waals surface area contributed by atoms with Gasteiger partial charge in [0.15, 0.2) is 6.29 Å². The van der Waals surface area contributed by atoms with Gasteiger partial charge in [0.2, 0.25) is 0 Å². The predicted molar refractivity (Wildman–Crippen MR) is 64.4 cm³/mol. The smallest absolute Gasteiger partial charge is 0.367 e. The molecule has 1 rings (SSSR count). The molecule has 2 atom stereocenters. The van der Waals surface area contributed by atoms with Crippen LogP contribution in [0.4, 0.5) is 0 Å². The molecule has 1 saturated heterocycles. The van der Waals surface area contributed by atoms with Gasteiger partial charge >= 0.3 is 7.82 Å². The predicted octanol–water partition coefficient (Wildman–Crippen LogP) is 2.96. The highest BCUT2D eigenvalue weighted by atomic mass is 31.2. The molecule has 0 aromatic carbocycles. The summed E-state index contributed by atoms with van der Waals surface area (Å²) in [4.78, 5) is 9.31. The molecular formula is C11H23O5P. The zero-order valence-corrected chi connectivity index (χ0v) is 11.1. The highest BCUT2D eigenvalue weighted by molar-refractivity contribution is 7.47. The minimum absolute atomic E-state index is 0.209. The number of phosphoric acid groups is 1. The van der Waals surface area contributed by atoms with E-state index in [0.717, 1.165) is 38.5 Å². The summed E-state index contributed by atoms with van der Waals surface area (Å²) >= 11 is 0. The van der Waals surface area contributed by atoms with E-state index in [1.54, 1.807) is 0 Å². The maximum absolute atomic E-state index is 11.4. The van der Waals surface area contributed by atoms with Crippen LogP contribution in [0.25, 0.3) is 0 Å². The van der Waals surface area contributed by atoms with E-state index in [1.165, 1.54) is 12.8 Å². The van der Waals surface area contributed by atoms with Crippen molar-refractivity contribution >= 4 is 7.82 Å². The molecule has 2 unspecified atom stereocenters. The Balaban J connectivity index is 2.36. The molecule has 0 spiro atoms. The fourth-order valence-electron chi connectivity index (χ4n) is 1.90. The van der Waals surface area contributed by atoms with Crippen LogP contribution in [0.1, 0.15) is 57.8 Å². The number of aliphatic hydroxyl groups excluding tert-OH is 1. The number of hydrogen-bond acceptors (Lipinski definition) is 4. The number of aliphatic hydroxyl groups is 1. The Morgan fingerprint density at radius 3 is 2.12 bits per heavy atom. The van der Waals surface area contributed by atoms with Crippen molar-refractivity contribution < 1.29 is 23.6 Å². The first kappa shape index (κ1) is 15.1. The Morgan fingerprint density at radius 2 is 1.47 bits per heavy atom. The largest absolute Gasteiger partial charge is 0.474 e. The summed E-state index contributed by atoms with van der Waals surface area (Å²) in [6.07, 6.45) is 7.49. The zero-order valence-electron chi connectivity index (χ0n) is 10.2. The van der Waals surface area contributed by atoms with Crippen molar-refractivity contribution in [3.8, 4) is 0 Å². The van der Waals surface area contributed by atoms with Gasteiger partial charge in [0, 0.05) is 0 Å². The summed E-state index contributed by atoms with van der Waals surface area (Å²) in [6.45, 7) is 0.209. The number of phosphoric ester groups is 1. The van der Waals surface area contributed by atoms with Crippen LogP contribution in [0.5, 0.6) is 0 Å². The van der Waals surface area contributed by atoms with Crippen LogP contribution >= 0.6 is 7.82 Å². The van der Waals surface area contributed by atoms with E-state index >= 15 is 0 Å². The van der Waals surface area contributed by atoms with Crippen molar-refractivity contribution in [2.75, 3.05) is 6.61 Å². The lowest BCUT2D eigenvalue weighted by Crippen LogP contribution is -2.11. The molecule has 1 aliphatic heterocycles. The Bertz CT molecular complexity index is 246. The molecule has 1 heterocycles. The fraction of sp³-hybridized carbons (Fsp3) is 1.00. The molecule has 6 heteroatoms. The molecule has 0 amide bonds. The molecule has 0 radical (unpaired) electrons. The van der Waals surface area contributed by atoms with Crippen molar-refractivity contribution in [1.29, 1.82) is 0 Å². The van der Waals surface area contributed by atoms with Gasteiger partial charge in [-0.25, -0.2) is 4.57 Å². The second kappa shape index (κ2) is 8.22. The highest BCUT2D eigenvalue weighted by Crippen LogP contribution is 2.45. The van der Waals surface area contributed by atoms with Gasteiger partial charge in [-0.15, -0.1) is 0 Å². The average Bonchev–Trinajstić information content (AvgIpc) is 2.24. The van der Waals surface area contributed by atoms with Crippen molar-refractivity contribution in [3.05, 3.63) is 0 Å². The molecular weight excluding hydrogens is 243 g/mol. The number of rotatable bonds is 0. The summed E-state index contributed by atoms with van der Waals surface area (Å²) in [6, 6.07) is 0. The Morgan fingerprint density at radius 1 is 0.941 bits per heavy atom. The first-order chi connectivity index (χ1) is 8.10. The van der Waals surface area contributed by atoms with Crippen LogP contribution in [-0.2, 0) is 13.6 Å². The topological polar surface area (TPSA) is 76.0 Å². The van der Waals surface area contributed by atoms with Gasteiger partial charge in [-0.2, -0.15) is 0 Å². The molecule has 0 aromatic heterocycles. The van der Waals surface area contributed by atoms with Gasteiger partial charge in [0.05, 0.1) is 6.61 Å². The molecule has 1 fully saturated rings. The minimum atomic E-state index is -4.07. The standard InChI is InChI=1S/C11H23O5P/c12-11-9-7-5-3-1-2-4-6-8-10-15-17(13,14)16-11/h11-12H,1-10H2,(H,13,14). The minimum Gasteiger partial charge on any atom is -0.367 e. The van der Waals surface area contributed by atoms with Gasteiger partial charge in [0.25, 0.3) is 0 Å². The van der Waals surface area contributed by atoms with Gasteiger partial charge in [-0.05, 0) is 19.3 Å². The van der Waals surface area contributed by atoms with Gasteiger partial charge in [-0.3, -0.25) is 9.05 Å². The second-order valence-corrected chi connectivity index (χ2v) is 5.89. The Kier molecular flexibility index (Phi) is 7.32. The van der Waals surface area contributed by atoms with E-state index in [-0.39, 0.29) is 6.61 Å². The van der Waals surface area contributed by atoms with E-state index in [0.29, 0.717) is 6.42 Å². The van der Waals surface area contributed by atoms with Crippen molar-refractivity contribution in [1.82, 2.24) is 0 Å². The summed E-state index contributed by atoms with van der Waals surface area (Å²) in [5.74, 6) is 0. The molecule has 5 nitrogen and oxygen atoms in total. The molecule has 102 valence electrons. The maximum atomic E-state index is 11.4. The third-order valence-corrected chi connectivity index (χ3v) is 3.87. The fourth-order valence-corrected chi connectivity index (χ4v) is 2.73. The van der Waals surface area contributed by atoms with Gasteiger partial charge in [-0.1, -0.05) is 38.5 Å². The summed E-state index contributed by atoms with van der Waals surface area (Å²) in [5, 5.41) is 9.42. The highest BCUT2D eigenvalue weighted by Gasteiger charge is 2.25. The van der Waals surface area contributed by atoms with Crippen LogP contribution in [0, 0.1) is 0 Å². The maximum Gasteiger partial charge on any atom is 0.474 e. The molecule has 2 N–H and O–H groups in total. The quantitative estimate of drug-likeness (QED) is 0.659. The van der Waals surface area contributed by atoms with E-state index < -0.39 is 14.1 Å². The molecule has 1 aliphatic rings. The van der Waals surface area contributed by atoms with E-state index in [4.69, 9.17) is 4.52 Å². The van der Waals surface area contributed by atoms with Gasteiger partial charge in [0.1, 0.15) is 0 Å². The SMILES string of the molecule is O=P1(O)OCCCCCCCCCCC(O)O1. The zero-order chi connectivity index (χ0) is 12.6.